The molecule has 0 aliphatic rings. The fourth-order valence-electron chi connectivity index (χ4n) is 2.25. The van der Waals surface area contributed by atoms with Gasteiger partial charge in [-0.05, 0) is 25.7 Å². The van der Waals surface area contributed by atoms with Crippen molar-refractivity contribution in [3.8, 4) is 0 Å². The molecule has 0 aromatic heterocycles. The molecule has 0 aromatic rings. The predicted octanol–water partition coefficient (Wildman–Crippen LogP) is 2.85. The summed E-state index contributed by atoms with van der Waals surface area (Å²) in [5, 5.41) is 2.84. The van der Waals surface area contributed by atoms with Crippen molar-refractivity contribution in [1.29, 1.82) is 0 Å². The van der Waals surface area contributed by atoms with E-state index in [2.05, 4.69) is 33.0 Å². The SMILES string of the molecule is CCC(CC)N(CC(C)C)S(=O)(=O)C(C)CNC(C)C. The monoisotopic (exact) mass is 306 g/mol. The summed E-state index contributed by atoms with van der Waals surface area (Å²) >= 11 is 0. The molecule has 1 unspecified atom stereocenters. The van der Waals surface area contributed by atoms with Gasteiger partial charge in [-0.15, -0.1) is 0 Å². The number of rotatable bonds is 10. The third-order valence-electron chi connectivity index (χ3n) is 3.54. The van der Waals surface area contributed by atoms with E-state index in [1.807, 2.05) is 13.8 Å². The molecular weight excluding hydrogens is 272 g/mol. The molecule has 1 N–H and O–H groups in total. The number of hydrogen-bond donors (Lipinski definition) is 1. The zero-order valence-corrected chi connectivity index (χ0v) is 15.1. The lowest BCUT2D eigenvalue weighted by Gasteiger charge is -2.33. The van der Waals surface area contributed by atoms with E-state index in [-0.39, 0.29) is 11.3 Å². The molecule has 1 atom stereocenters. The maximum absolute atomic E-state index is 12.8. The Bertz CT molecular complexity index is 349. The van der Waals surface area contributed by atoms with E-state index >= 15 is 0 Å². The van der Waals surface area contributed by atoms with Gasteiger partial charge in [-0.1, -0.05) is 41.5 Å². The van der Waals surface area contributed by atoms with Gasteiger partial charge in [0.05, 0.1) is 5.25 Å². The fourth-order valence-corrected chi connectivity index (χ4v) is 4.24. The molecule has 0 aliphatic heterocycles. The number of nitrogens with one attached hydrogen (secondary N) is 1. The van der Waals surface area contributed by atoms with Crippen LogP contribution >= 0.6 is 0 Å². The summed E-state index contributed by atoms with van der Waals surface area (Å²) in [6.45, 7) is 15.3. The lowest BCUT2D eigenvalue weighted by atomic mass is 10.1. The van der Waals surface area contributed by atoms with Crippen molar-refractivity contribution in [2.75, 3.05) is 13.1 Å². The number of nitrogens with zero attached hydrogens (tertiary/aromatic N) is 1. The summed E-state index contributed by atoms with van der Waals surface area (Å²) in [7, 11) is -3.24. The first-order valence-electron chi connectivity index (χ1n) is 7.90. The molecule has 0 saturated carbocycles. The molecule has 4 nitrogen and oxygen atoms in total. The molecule has 0 aromatic carbocycles. The average Bonchev–Trinajstić information content (AvgIpc) is 2.35. The van der Waals surface area contributed by atoms with E-state index in [4.69, 9.17) is 0 Å². The summed E-state index contributed by atoms with van der Waals surface area (Å²) in [4.78, 5) is 0. The van der Waals surface area contributed by atoms with Gasteiger partial charge in [0, 0.05) is 25.2 Å². The first-order valence-corrected chi connectivity index (χ1v) is 9.41. The van der Waals surface area contributed by atoms with Gasteiger partial charge in [0.1, 0.15) is 0 Å². The summed E-state index contributed by atoms with van der Waals surface area (Å²) in [5.41, 5.74) is 0. The van der Waals surface area contributed by atoms with Crippen LogP contribution in [0.25, 0.3) is 0 Å². The minimum atomic E-state index is -3.24. The highest BCUT2D eigenvalue weighted by molar-refractivity contribution is 7.89. The molecule has 20 heavy (non-hydrogen) atoms. The normalized spacial score (nSPS) is 14.8. The molecule has 0 amide bonds. The summed E-state index contributed by atoms with van der Waals surface area (Å²) in [5.74, 6) is 0.343. The van der Waals surface area contributed by atoms with E-state index in [0.717, 1.165) is 12.8 Å². The van der Waals surface area contributed by atoms with Crippen LogP contribution in [-0.2, 0) is 10.0 Å². The molecule has 0 spiro atoms. The fraction of sp³-hybridized carbons (Fsp3) is 1.00. The largest absolute Gasteiger partial charge is 0.313 e. The van der Waals surface area contributed by atoms with Crippen LogP contribution in [0, 0.1) is 5.92 Å². The Labute approximate surface area is 126 Å². The van der Waals surface area contributed by atoms with Crippen LogP contribution in [0.2, 0.25) is 0 Å². The summed E-state index contributed by atoms with van der Waals surface area (Å²) in [6.07, 6.45) is 1.74. The molecule has 0 fully saturated rings. The Kier molecular flexibility index (Phi) is 8.95. The second kappa shape index (κ2) is 9.00. The molecule has 5 heteroatoms. The predicted molar refractivity (Wildman–Crippen MR) is 87.4 cm³/mol. The first kappa shape index (κ1) is 19.9. The number of sulfonamides is 1. The molecule has 0 rings (SSSR count). The quantitative estimate of drug-likeness (QED) is 0.675. The second-order valence-corrected chi connectivity index (χ2v) is 8.66. The van der Waals surface area contributed by atoms with Crippen molar-refractivity contribution in [2.24, 2.45) is 5.92 Å². The van der Waals surface area contributed by atoms with Crippen molar-refractivity contribution in [3.63, 3.8) is 0 Å². The minimum Gasteiger partial charge on any atom is -0.313 e. The summed E-state index contributed by atoms with van der Waals surface area (Å²) < 4.78 is 27.4. The third-order valence-corrected chi connectivity index (χ3v) is 5.83. The third kappa shape index (κ3) is 6.10. The van der Waals surface area contributed by atoms with E-state index < -0.39 is 10.0 Å². The minimum absolute atomic E-state index is 0.115. The highest BCUT2D eigenvalue weighted by Gasteiger charge is 2.33. The molecule has 0 radical (unpaired) electrons. The standard InChI is InChI=1S/C15H34N2O2S/c1-8-15(9-2)17(11-12(3)4)20(18,19)14(7)10-16-13(5)6/h12-16H,8-11H2,1-7H3. The van der Waals surface area contributed by atoms with Gasteiger partial charge in [-0.25, -0.2) is 8.42 Å². The van der Waals surface area contributed by atoms with Crippen LogP contribution in [0.1, 0.15) is 61.3 Å². The van der Waals surface area contributed by atoms with Gasteiger partial charge in [-0.2, -0.15) is 4.31 Å². The van der Waals surface area contributed by atoms with Crippen LogP contribution < -0.4 is 5.32 Å². The van der Waals surface area contributed by atoms with Gasteiger partial charge in [0.25, 0.3) is 0 Å². The van der Waals surface area contributed by atoms with E-state index in [9.17, 15) is 8.42 Å². The molecule has 0 saturated heterocycles. The Morgan fingerprint density at radius 3 is 1.85 bits per heavy atom. The van der Waals surface area contributed by atoms with Crippen molar-refractivity contribution in [2.45, 2.75) is 78.6 Å². The second-order valence-electron chi connectivity index (χ2n) is 6.35. The first-order chi connectivity index (χ1) is 9.16. The van der Waals surface area contributed by atoms with Gasteiger partial charge in [0.15, 0.2) is 0 Å². The molecule has 122 valence electrons. The highest BCUT2D eigenvalue weighted by Crippen LogP contribution is 2.19. The molecule has 0 bridgehead atoms. The van der Waals surface area contributed by atoms with Crippen LogP contribution in [0.15, 0.2) is 0 Å². The van der Waals surface area contributed by atoms with Gasteiger partial charge in [0.2, 0.25) is 10.0 Å². The lowest BCUT2D eigenvalue weighted by Crippen LogP contribution is -2.48. The van der Waals surface area contributed by atoms with Crippen molar-refractivity contribution in [1.82, 2.24) is 9.62 Å². The number of hydrogen-bond acceptors (Lipinski definition) is 3. The highest BCUT2D eigenvalue weighted by atomic mass is 32.2. The summed E-state index contributed by atoms with van der Waals surface area (Å²) in [6, 6.07) is 0.420. The van der Waals surface area contributed by atoms with E-state index in [1.165, 1.54) is 0 Å². The zero-order chi connectivity index (χ0) is 15.9. The molecular formula is C15H34N2O2S. The van der Waals surface area contributed by atoms with Crippen LogP contribution in [-0.4, -0.2) is 43.1 Å². The topological polar surface area (TPSA) is 49.4 Å². The average molecular weight is 307 g/mol. The smallest absolute Gasteiger partial charge is 0.218 e. The van der Waals surface area contributed by atoms with Crippen molar-refractivity contribution < 1.29 is 8.42 Å². The van der Waals surface area contributed by atoms with Gasteiger partial charge >= 0.3 is 0 Å². The molecule has 0 aliphatic carbocycles. The van der Waals surface area contributed by atoms with Crippen LogP contribution in [0.5, 0.6) is 0 Å². The van der Waals surface area contributed by atoms with Crippen molar-refractivity contribution in [3.05, 3.63) is 0 Å². The van der Waals surface area contributed by atoms with E-state index in [0.29, 0.717) is 25.0 Å². The Morgan fingerprint density at radius 2 is 1.50 bits per heavy atom. The maximum Gasteiger partial charge on any atom is 0.218 e. The van der Waals surface area contributed by atoms with Crippen molar-refractivity contribution >= 4 is 10.0 Å². The van der Waals surface area contributed by atoms with Crippen LogP contribution in [0.3, 0.4) is 0 Å². The Hall–Kier alpha value is -0.130. The van der Waals surface area contributed by atoms with E-state index in [1.54, 1.807) is 11.2 Å². The van der Waals surface area contributed by atoms with Gasteiger partial charge in [-0.3, -0.25) is 0 Å². The Balaban J connectivity index is 5.10. The maximum atomic E-state index is 12.8. The molecule has 0 heterocycles. The lowest BCUT2D eigenvalue weighted by molar-refractivity contribution is 0.273. The Morgan fingerprint density at radius 1 is 1.00 bits per heavy atom. The zero-order valence-electron chi connectivity index (χ0n) is 14.3. The van der Waals surface area contributed by atoms with Crippen LogP contribution in [0.4, 0.5) is 0 Å². The van der Waals surface area contributed by atoms with Gasteiger partial charge < -0.3 is 5.32 Å².